The van der Waals surface area contributed by atoms with Crippen LogP contribution in [-0.2, 0) is 6.54 Å². The van der Waals surface area contributed by atoms with Gasteiger partial charge in [0.15, 0.2) is 5.69 Å². The van der Waals surface area contributed by atoms with Crippen LogP contribution in [0, 0.1) is 0 Å². The first-order valence-corrected chi connectivity index (χ1v) is 6.03. The van der Waals surface area contributed by atoms with Crippen molar-refractivity contribution >= 4 is 23.0 Å². The molecule has 0 aromatic carbocycles. The highest BCUT2D eigenvalue weighted by molar-refractivity contribution is 7.07. The zero-order valence-corrected chi connectivity index (χ0v) is 10.1. The lowest BCUT2D eigenvalue weighted by Gasteiger charge is -2.19. The highest BCUT2D eigenvalue weighted by Gasteiger charge is 2.14. The number of nitrogens with zero attached hydrogens (tertiary/aromatic N) is 2. The number of anilines is 1. The number of rotatable bonds is 4. The fraction of sp³-hybridized carbons (Fsp3) is 0.167. The second-order valence-corrected chi connectivity index (χ2v) is 4.44. The third kappa shape index (κ3) is 2.62. The smallest absolute Gasteiger partial charge is 0.356 e. The van der Waals surface area contributed by atoms with Gasteiger partial charge in [-0.2, -0.15) is 11.3 Å². The minimum absolute atomic E-state index is 0.0882. The van der Waals surface area contributed by atoms with Crippen molar-refractivity contribution in [1.82, 2.24) is 4.98 Å². The third-order valence-corrected chi connectivity index (χ3v) is 3.13. The van der Waals surface area contributed by atoms with Crippen molar-refractivity contribution in [3.05, 3.63) is 46.4 Å². The van der Waals surface area contributed by atoms with E-state index in [0.29, 0.717) is 12.2 Å². The minimum Gasteiger partial charge on any atom is -0.476 e. The summed E-state index contributed by atoms with van der Waals surface area (Å²) in [6.45, 7) is 0.676. The van der Waals surface area contributed by atoms with Crippen LogP contribution in [0.2, 0.25) is 0 Å². The van der Waals surface area contributed by atoms with Gasteiger partial charge in [0.05, 0.1) is 5.69 Å². The van der Waals surface area contributed by atoms with Crippen molar-refractivity contribution in [1.29, 1.82) is 0 Å². The molecule has 0 aliphatic heterocycles. The zero-order valence-electron chi connectivity index (χ0n) is 9.33. The molecule has 0 radical (unpaired) electrons. The topological polar surface area (TPSA) is 53.4 Å². The summed E-state index contributed by atoms with van der Waals surface area (Å²) in [5.74, 6) is -1.00. The second kappa shape index (κ2) is 4.97. The molecule has 0 saturated heterocycles. The number of carbonyl (C=O) groups is 1. The van der Waals surface area contributed by atoms with E-state index in [1.165, 1.54) is 6.20 Å². The highest BCUT2D eigenvalue weighted by Crippen LogP contribution is 2.19. The van der Waals surface area contributed by atoms with E-state index in [0.717, 1.165) is 5.56 Å². The average molecular weight is 248 g/mol. The molecule has 0 fully saturated rings. The van der Waals surface area contributed by atoms with E-state index < -0.39 is 5.97 Å². The predicted octanol–water partition coefficient (Wildman–Crippen LogP) is 2.48. The molecule has 2 aromatic heterocycles. The van der Waals surface area contributed by atoms with Gasteiger partial charge in [0.2, 0.25) is 0 Å². The van der Waals surface area contributed by atoms with E-state index in [-0.39, 0.29) is 5.69 Å². The maximum atomic E-state index is 11.0. The minimum atomic E-state index is -1.00. The van der Waals surface area contributed by atoms with Crippen molar-refractivity contribution in [3.63, 3.8) is 0 Å². The molecule has 0 amide bonds. The lowest BCUT2D eigenvalue weighted by Crippen LogP contribution is -2.19. The molecule has 17 heavy (non-hydrogen) atoms. The molecule has 0 saturated carbocycles. The zero-order chi connectivity index (χ0) is 12.3. The average Bonchev–Trinajstić information content (AvgIpc) is 2.81. The lowest BCUT2D eigenvalue weighted by atomic mass is 10.2. The molecule has 0 atom stereocenters. The second-order valence-electron chi connectivity index (χ2n) is 3.66. The van der Waals surface area contributed by atoms with Gasteiger partial charge >= 0.3 is 5.97 Å². The van der Waals surface area contributed by atoms with Crippen LogP contribution >= 0.6 is 11.3 Å². The molecule has 1 N–H and O–H groups in total. The molecule has 0 aliphatic carbocycles. The molecule has 0 unspecified atom stereocenters. The molecule has 0 bridgehead atoms. The van der Waals surface area contributed by atoms with E-state index in [1.54, 1.807) is 23.5 Å². The molecule has 2 aromatic rings. The third-order valence-electron chi connectivity index (χ3n) is 2.40. The van der Waals surface area contributed by atoms with Gasteiger partial charge in [0, 0.05) is 19.8 Å². The van der Waals surface area contributed by atoms with E-state index in [9.17, 15) is 4.79 Å². The molecular formula is C12H12N2O2S. The molecule has 0 spiro atoms. The summed E-state index contributed by atoms with van der Waals surface area (Å²) >= 11 is 1.63. The fourth-order valence-electron chi connectivity index (χ4n) is 1.61. The Kier molecular flexibility index (Phi) is 3.39. The normalized spacial score (nSPS) is 10.2. The summed E-state index contributed by atoms with van der Waals surface area (Å²) < 4.78 is 0. The first-order chi connectivity index (χ1) is 8.18. The number of carboxylic acids is 1. The van der Waals surface area contributed by atoms with Gasteiger partial charge in [-0.15, -0.1) is 0 Å². The van der Waals surface area contributed by atoms with E-state index in [4.69, 9.17) is 5.11 Å². The quantitative estimate of drug-likeness (QED) is 0.903. The number of hydrogen-bond acceptors (Lipinski definition) is 4. The van der Waals surface area contributed by atoms with Gasteiger partial charge < -0.3 is 10.0 Å². The highest BCUT2D eigenvalue weighted by atomic mass is 32.1. The molecular weight excluding hydrogens is 236 g/mol. The van der Waals surface area contributed by atoms with Crippen molar-refractivity contribution in [2.45, 2.75) is 6.54 Å². The van der Waals surface area contributed by atoms with Crippen molar-refractivity contribution in [2.24, 2.45) is 0 Å². The van der Waals surface area contributed by atoms with E-state index in [2.05, 4.69) is 4.98 Å². The maximum absolute atomic E-state index is 11.0. The van der Waals surface area contributed by atoms with Crippen LogP contribution in [0.4, 0.5) is 5.69 Å². The summed E-state index contributed by atoms with van der Waals surface area (Å²) in [6.07, 6.45) is 1.49. The van der Waals surface area contributed by atoms with Gasteiger partial charge in [-0.3, -0.25) is 0 Å². The Morgan fingerprint density at radius 1 is 1.53 bits per heavy atom. The van der Waals surface area contributed by atoms with Crippen LogP contribution in [0.3, 0.4) is 0 Å². The largest absolute Gasteiger partial charge is 0.476 e. The van der Waals surface area contributed by atoms with Crippen molar-refractivity contribution in [2.75, 3.05) is 11.9 Å². The lowest BCUT2D eigenvalue weighted by molar-refractivity contribution is 0.0691. The maximum Gasteiger partial charge on any atom is 0.356 e. The number of hydrogen-bond donors (Lipinski definition) is 1. The molecule has 2 heterocycles. The Labute approximate surface area is 103 Å². The number of aromatic carboxylic acids is 1. The first kappa shape index (κ1) is 11.6. The van der Waals surface area contributed by atoms with Gasteiger partial charge in [0.25, 0.3) is 0 Å². The Balaban J connectivity index is 2.24. The number of thiophene rings is 1. The fourth-order valence-corrected chi connectivity index (χ4v) is 2.27. The van der Waals surface area contributed by atoms with E-state index >= 15 is 0 Å². The summed E-state index contributed by atoms with van der Waals surface area (Å²) in [5.41, 5.74) is 1.88. The van der Waals surface area contributed by atoms with Crippen molar-refractivity contribution < 1.29 is 9.90 Å². The van der Waals surface area contributed by atoms with Crippen LogP contribution in [0.25, 0.3) is 0 Å². The number of pyridine rings is 1. The van der Waals surface area contributed by atoms with Gasteiger partial charge in [-0.05, 0) is 34.5 Å². The van der Waals surface area contributed by atoms with Crippen LogP contribution < -0.4 is 4.90 Å². The number of carboxylic acid groups (broad SMARTS) is 1. The molecule has 88 valence electrons. The van der Waals surface area contributed by atoms with Crippen LogP contribution in [0.15, 0.2) is 35.2 Å². The summed E-state index contributed by atoms with van der Waals surface area (Å²) in [4.78, 5) is 16.8. The van der Waals surface area contributed by atoms with Gasteiger partial charge in [-0.1, -0.05) is 0 Å². The summed E-state index contributed by atoms with van der Waals surface area (Å²) in [7, 11) is 1.86. The van der Waals surface area contributed by atoms with E-state index in [1.807, 2.05) is 28.8 Å². The molecule has 5 heteroatoms. The van der Waals surface area contributed by atoms with Crippen LogP contribution in [0.5, 0.6) is 0 Å². The van der Waals surface area contributed by atoms with Crippen molar-refractivity contribution in [3.8, 4) is 0 Å². The Bertz CT molecular complexity index is 511. The summed E-state index contributed by atoms with van der Waals surface area (Å²) in [5, 5.41) is 13.1. The van der Waals surface area contributed by atoms with Gasteiger partial charge in [0.1, 0.15) is 0 Å². The van der Waals surface area contributed by atoms with Gasteiger partial charge in [-0.25, -0.2) is 9.78 Å². The molecule has 2 rings (SSSR count). The first-order valence-electron chi connectivity index (χ1n) is 5.09. The van der Waals surface area contributed by atoms with Crippen LogP contribution in [0.1, 0.15) is 16.1 Å². The Morgan fingerprint density at radius 2 is 2.35 bits per heavy atom. The summed E-state index contributed by atoms with van der Waals surface area (Å²) in [6, 6.07) is 5.53. The standard InChI is InChI=1S/C12H12N2O2S/c1-14(7-9-4-6-17-8-9)10-3-2-5-13-11(10)12(15)16/h2-6,8H,7H2,1H3,(H,15,16). The SMILES string of the molecule is CN(Cc1ccsc1)c1cccnc1C(=O)O. The van der Waals surface area contributed by atoms with Crippen LogP contribution in [-0.4, -0.2) is 23.1 Å². The molecule has 0 aliphatic rings. The Morgan fingerprint density at radius 3 is 3.00 bits per heavy atom. The number of aromatic nitrogens is 1. The predicted molar refractivity (Wildman–Crippen MR) is 67.6 cm³/mol. The monoisotopic (exact) mass is 248 g/mol. The Hall–Kier alpha value is -1.88. The molecule has 4 nitrogen and oxygen atoms in total.